The Morgan fingerprint density at radius 2 is 2.08 bits per heavy atom. The smallest absolute Gasteiger partial charge is 0.220 e. The topological polar surface area (TPSA) is 64.4 Å². The maximum absolute atomic E-state index is 12.1. The van der Waals surface area contributed by atoms with E-state index in [0.717, 1.165) is 28.1 Å². The molecule has 0 aliphatic heterocycles. The summed E-state index contributed by atoms with van der Waals surface area (Å²) in [6.45, 7) is 3.03. The van der Waals surface area contributed by atoms with Gasteiger partial charge in [0.2, 0.25) is 5.91 Å². The monoisotopic (exact) mass is 350 g/mol. The summed E-state index contributed by atoms with van der Waals surface area (Å²) < 4.78 is 10.7. The Bertz CT molecular complexity index is 827. The third kappa shape index (κ3) is 4.72. The molecule has 1 amide bonds. The van der Waals surface area contributed by atoms with Gasteiger partial charge in [0.15, 0.2) is 0 Å². The minimum Gasteiger partial charge on any atom is -0.494 e. The van der Waals surface area contributed by atoms with Crippen molar-refractivity contribution in [2.24, 2.45) is 0 Å². The molecular formula is C21H22N2O3. The quantitative estimate of drug-likeness (QED) is 0.667. The van der Waals surface area contributed by atoms with Crippen molar-refractivity contribution in [3.05, 3.63) is 72.3 Å². The van der Waals surface area contributed by atoms with Crippen molar-refractivity contribution in [2.45, 2.75) is 26.3 Å². The van der Waals surface area contributed by atoms with Crippen LogP contribution >= 0.6 is 0 Å². The number of nitrogens with one attached hydrogen (secondary N) is 1. The Labute approximate surface area is 153 Å². The van der Waals surface area contributed by atoms with E-state index in [1.165, 1.54) is 0 Å². The van der Waals surface area contributed by atoms with Crippen LogP contribution in [0.15, 0.2) is 65.6 Å². The number of pyridine rings is 1. The normalized spacial score (nSPS) is 10.5. The van der Waals surface area contributed by atoms with Crippen molar-refractivity contribution in [2.75, 3.05) is 6.61 Å². The van der Waals surface area contributed by atoms with Gasteiger partial charge in [-0.05, 0) is 42.7 Å². The third-order valence-corrected chi connectivity index (χ3v) is 4.03. The average Bonchev–Trinajstić information content (AvgIpc) is 3.21. The Kier molecular flexibility index (Phi) is 6.04. The summed E-state index contributed by atoms with van der Waals surface area (Å²) in [6.07, 6.45) is 6.12. The van der Waals surface area contributed by atoms with E-state index in [-0.39, 0.29) is 5.91 Å². The summed E-state index contributed by atoms with van der Waals surface area (Å²) in [5, 5.41) is 2.94. The molecule has 0 bridgehead atoms. The number of aromatic nitrogens is 1. The maximum Gasteiger partial charge on any atom is 0.220 e. The van der Waals surface area contributed by atoms with Crippen molar-refractivity contribution in [3.63, 3.8) is 0 Å². The predicted molar refractivity (Wildman–Crippen MR) is 99.7 cm³/mol. The van der Waals surface area contributed by atoms with Crippen LogP contribution in [0.4, 0.5) is 0 Å². The predicted octanol–water partition coefficient (Wildman–Crippen LogP) is 3.99. The molecule has 0 aliphatic rings. The minimum atomic E-state index is 0.00946. The van der Waals surface area contributed by atoms with Crippen LogP contribution in [0.2, 0.25) is 0 Å². The summed E-state index contributed by atoms with van der Waals surface area (Å²) in [5.74, 6) is 0.858. The third-order valence-electron chi connectivity index (χ3n) is 4.03. The number of benzene rings is 1. The van der Waals surface area contributed by atoms with E-state index in [2.05, 4.69) is 10.3 Å². The summed E-state index contributed by atoms with van der Waals surface area (Å²) >= 11 is 0. The molecule has 3 aromatic rings. The number of hydrogen-bond donors (Lipinski definition) is 1. The molecule has 0 saturated heterocycles. The zero-order valence-electron chi connectivity index (χ0n) is 14.8. The number of aryl methyl sites for hydroxylation is 1. The van der Waals surface area contributed by atoms with Crippen LogP contribution in [-0.4, -0.2) is 17.5 Å². The van der Waals surface area contributed by atoms with Gasteiger partial charge in [-0.15, -0.1) is 0 Å². The van der Waals surface area contributed by atoms with Gasteiger partial charge in [0.1, 0.15) is 5.75 Å². The summed E-state index contributed by atoms with van der Waals surface area (Å²) in [6, 6.07) is 13.6. The highest BCUT2D eigenvalue weighted by molar-refractivity contribution is 5.76. The number of carbonyl (C=O) groups excluding carboxylic acids is 1. The Morgan fingerprint density at radius 3 is 2.81 bits per heavy atom. The first kappa shape index (κ1) is 17.7. The zero-order chi connectivity index (χ0) is 18.2. The number of rotatable bonds is 8. The van der Waals surface area contributed by atoms with Gasteiger partial charge in [-0.25, -0.2) is 0 Å². The first-order valence-corrected chi connectivity index (χ1v) is 8.71. The lowest BCUT2D eigenvalue weighted by Crippen LogP contribution is -2.23. The highest BCUT2D eigenvalue weighted by Crippen LogP contribution is 2.19. The highest BCUT2D eigenvalue weighted by atomic mass is 16.5. The van der Waals surface area contributed by atoms with Crippen LogP contribution < -0.4 is 10.1 Å². The fourth-order valence-electron chi connectivity index (χ4n) is 2.65. The standard InChI is InChI=1S/C21H22N2O3/c1-2-26-20-6-4-3-5-17(20)8-10-21(24)23-14-16-7-9-19(22-13-16)18-11-12-25-15-18/h3-7,9,11-13,15H,2,8,10,14H2,1H3,(H,23,24). The first-order valence-electron chi connectivity index (χ1n) is 8.71. The van der Waals surface area contributed by atoms with E-state index < -0.39 is 0 Å². The molecule has 5 heteroatoms. The van der Waals surface area contributed by atoms with Crippen molar-refractivity contribution < 1.29 is 13.9 Å². The van der Waals surface area contributed by atoms with Gasteiger partial charge in [0.05, 0.1) is 24.8 Å². The molecular weight excluding hydrogens is 328 g/mol. The number of amides is 1. The van der Waals surface area contributed by atoms with Crippen LogP contribution in [-0.2, 0) is 17.8 Å². The molecule has 1 aromatic carbocycles. The Morgan fingerprint density at radius 1 is 1.19 bits per heavy atom. The van der Waals surface area contributed by atoms with E-state index in [4.69, 9.17) is 9.15 Å². The zero-order valence-corrected chi connectivity index (χ0v) is 14.8. The molecule has 3 rings (SSSR count). The highest BCUT2D eigenvalue weighted by Gasteiger charge is 2.07. The number of carbonyl (C=O) groups is 1. The van der Waals surface area contributed by atoms with Gasteiger partial charge < -0.3 is 14.5 Å². The number of hydrogen-bond acceptors (Lipinski definition) is 4. The SMILES string of the molecule is CCOc1ccccc1CCC(=O)NCc1ccc(-c2ccoc2)nc1. The van der Waals surface area contributed by atoms with Gasteiger partial charge in [-0.3, -0.25) is 9.78 Å². The summed E-state index contributed by atoms with van der Waals surface area (Å²) in [7, 11) is 0. The molecule has 0 saturated carbocycles. The van der Waals surface area contributed by atoms with Crippen molar-refractivity contribution >= 4 is 5.91 Å². The fourth-order valence-corrected chi connectivity index (χ4v) is 2.65. The first-order chi connectivity index (χ1) is 12.8. The lowest BCUT2D eigenvalue weighted by molar-refractivity contribution is -0.121. The fraction of sp³-hybridized carbons (Fsp3) is 0.238. The lowest BCUT2D eigenvalue weighted by atomic mass is 10.1. The molecule has 0 aliphatic carbocycles. The van der Waals surface area contributed by atoms with Crippen LogP contribution in [0, 0.1) is 0 Å². The second-order valence-corrected chi connectivity index (χ2v) is 5.88. The van der Waals surface area contributed by atoms with Gasteiger partial charge in [0, 0.05) is 24.7 Å². The molecule has 0 atom stereocenters. The van der Waals surface area contributed by atoms with Crippen LogP contribution in [0.1, 0.15) is 24.5 Å². The number of furan rings is 1. The van der Waals surface area contributed by atoms with Crippen molar-refractivity contribution in [1.82, 2.24) is 10.3 Å². The minimum absolute atomic E-state index is 0.00946. The summed E-state index contributed by atoms with van der Waals surface area (Å²) in [4.78, 5) is 16.5. The molecule has 0 fully saturated rings. The average molecular weight is 350 g/mol. The molecule has 2 aromatic heterocycles. The molecule has 0 unspecified atom stereocenters. The lowest BCUT2D eigenvalue weighted by Gasteiger charge is -2.10. The van der Waals surface area contributed by atoms with Crippen LogP contribution in [0.5, 0.6) is 5.75 Å². The van der Waals surface area contributed by atoms with Gasteiger partial charge in [-0.1, -0.05) is 24.3 Å². The molecule has 5 nitrogen and oxygen atoms in total. The van der Waals surface area contributed by atoms with E-state index in [1.54, 1.807) is 18.7 Å². The maximum atomic E-state index is 12.1. The Balaban J connectivity index is 1.48. The molecule has 0 spiro atoms. The number of nitrogens with zero attached hydrogens (tertiary/aromatic N) is 1. The number of ether oxygens (including phenoxy) is 1. The summed E-state index contributed by atoms with van der Waals surface area (Å²) in [5.41, 5.74) is 3.80. The van der Waals surface area contributed by atoms with E-state index >= 15 is 0 Å². The molecule has 134 valence electrons. The molecule has 2 heterocycles. The van der Waals surface area contributed by atoms with E-state index in [9.17, 15) is 4.79 Å². The van der Waals surface area contributed by atoms with E-state index in [1.807, 2.05) is 49.4 Å². The second kappa shape index (κ2) is 8.85. The molecule has 1 N–H and O–H groups in total. The van der Waals surface area contributed by atoms with Crippen LogP contribution in [0.3, 0.4) is 0 Å². The van der Waals surface area contributed by atoms with Crippen LogP contribution in [0.25, 0.3) is 11.3 Å². The molecule has 26 heavy (non-hydrogen) atoms. The van der Waals surface area contributed by atoms with Crippen molar-refractivity contribution in [1.29, 1.82) is 0 Å². The molecule has 0 radical (unpaired) electrons. The van der Waals surface area contributed by atoms with Gasteiger partial charge in [-0.2, -0.15) is 0 Å². The van der Waals surface area contributed by atoms with Gasteiger partial charge in [0.25, 0.3) is 0 Å². The second-order valence-electron chi connectivity index (χ2n) is 5.88. The van der Waals surface area contributed by atoms with E-state index in [0.29, 0.717) is 26.0 Å². The van der Waals surface area contributed by atoms with Crippen molar-refractivity contribution in [3.8, 4) is 17.0 Å². The number of para-hydroxylation sites is 1. The van der Waals surface area contributed by atoms with Gasteiger partial charge >= 0.3 is 0 Å². The largest absolute Gasteiger partial charge is 0.494 e. The Hall–Kier alpha value is -3.08.